The average molecular weight is 1230 g/mol. The Kier molecular flexibility index (Phi) is 60.4. The molecule has 0 saturated carbocycles. The van der Waals surface area contributed by atoms with E-state index in [1.807, 2.05) is 0 Å². The van der Waals surface area contributed by atoms with Gasteiger partial charge in [-0.3, -0.25) is 28.8 Å². The zero-order chi connectivity index (χ0) is 60.9. The van der Waals surface area contributed by atoms with Gasteiger partial charge in [-0.05, 0) is 48.5 Å². The fourth-order valence-corrected chi connectivity index (χ4v) is 4.82. The Morgan fingerprint density at radius 2 is 1.25 bits per heavy atom. The number of nitrogens with two attached hydrogens (primary N) is 1. The molecule has 2 fully saturated rings. The summed E-state index contributed by atoms with van der Waals surface area (Å²) in [6.07, 6.45) is -2.11. The number of nitrogens with one attached hydrogen (secondary N) is 4. The molecule has 0 radical (unpaired) electrons. The predicted octanol–water partition coefficient (Wildman–Crippen LogP) is 3.29. The summed E-state index contributed by atoms with van der Waals surface area (Å²) in [6, 6.07) is 3.48. The smallest absolute Gasteiger partial charge is 0.348 e. The fraction of sp³-hybridized carbons (Fsp3) is 0.556. The molecule has 0 spiro atoms. The summed E-state index contributed by atoms with van der Waals surface area (Å²) in [7, 11) is 0. The van der Waals surface area contributed by atoms with Gasteiger partial charge in [-0.2, -0.15) is 10.5 Å². The lowest BCUT2D eigenvalue weighted by atomic mass is 10.2. The van der Waals surface area contributed by atoms with Crippen molar-refractivity contribution >= 4 is 93.2 Å². The Morgan fingerprint density at radius 1 is 0.844 bits per heavy atom. The van der Waals surface area contributed by atoms with Crippen molar-refractivity contribution in [2.24, 2.45) is 5.73 Å². The third-order valence-corrected chi connectivity index (χ3v) is 9.07. The van der Waals surface area contributed by atoms with Gasteiger partial charge in [0.2, 0.25) is 4.99 Å². The van der Waals surface area contributed by atoms with Crippen molar-refractivity contribution < 1.29 is 85.3 Å². The number of thioether (sulfide) groups is 1. The number of carboxylic acids is 2. The number of carbonyl (C=O) groups is 6. The Balaban J connectivity index is -0.000000188. The summed E-state index contributed by atoms with van der Waals surface area (Å²) in [5.41, 5.74) is 3.11. The maximum atomic E-state index is 13.1. The number of hydrogen-bond donors (Lipinski definition) is 9. The highest BCUT2D eigenvalue weighted by atomic mass is 79.9. The number of halogens is 5. The minimum absolute atomic E-state index is 0.0336. The molecular formula is C45H67BrF4N8O16S3. The van der Waals surface area contributed by atoms with Crippen molar-refractivity contribution in [3.8, 4) is 12.1 Å². The van der Waals surface area contributed by atoms with Gasteiger partial charge in [0, 0.05) is 57.4 Å². The first-order chi connectivity index (χ1) is 36.2. The van der Waals surface area contributed by atoms with Crippen LogP contribution in [0.4, 0.5) is 17.6 Å². The van der Waals surface area contributed by atoms with E-state index >= 15 is 0 Å². The van der Waals surface area contributed by atoms with Crippen molar-refractivity contribution in [3.63, 3.8) is 0 Å². The van der Waals surface area contributed by atoms with Crippen LogP contribution in [0.25, 0.3) is 4.85 Å². The molecule has 9 N–H and O–H groups in total. The Morgan fingerprint density at radius 3 is 1.48 bits per heavy atom. The number of thiol groups is 1. The summed E-state index contributed by atoms with van der Waals surface area (Å²) in [6.45, 7) is 25.8. The highest BCUT2D eigenvalue weighted by Gasteiger charge is 2.23. The standard InChI is InChI=1S/C9H7FN2O3S.C7H5FN2OS.C6H9FO3.C4H7FO2.2C4H9NO.C4H8O2.C3H4N2S.C2H3BrO2.C2H6O/c1-4-5(2-11)9(16-3-6(13)14)12-8(15)7(4)10;1-3-4(2-9)7(12)10-6(11)5(3)8;1-3-10-6(9)5(7)4(2)8;1-2-7-4(6)3-5;2*1-3-6-4-2-5-1;1-3-6-4(2)5;1-5-3(6)2-4;3-1-2(4)5;1-2-3/h3H2,1H3,(H,12,15)(H,13,14);1H3,(H2,10,11,12);5H,3H2,1-2H3;2-3H2,1H3;2*5H,1-4H2;3H2,1-2H3;2,4H2;1H2,(H,4,5);3H,2H2,1H3. The minimum Gasteiger partial charge on any atom is -0.481 e. The number of nitriles is 2. The zero-order valence-corrected chi connectivity index (χ0v) is 47.7. The Labute approximate surface area is 466 Å². The van der Waals surface area contributed by atoms with Gasteiger partial charge in [-0.15, -0.1) is 24.8 Å². The lowest BCUT2D eigenvalue weighted by Crippen LogP contribution is -2.30. The molecule has 0 aromatic carbocycles. The van der Waals surface area contributed by atoms with Crippen LogP contribution in [0.2, 0.25) is 0 Å². The van der Waals surface area contributed by atoms with Crippen molar-refractivity contribution in [2.75, 3.05) is 103 Å². The van der Waals surface area contributed by atoms with Crippen LogP contribution in [0.5, 0.6) is 0 Å². The number of carbonyl (C=O) groups excluding carboxylic acids is 4. The van der Waals surface area contributed by atoms with Gasteiger partial charge in [0.05, 0.1) is 79.8 Å². The number of ketones is 1. The van der Waals surface area contributed by atoms with E-state index in [0.29, 0.717) is 6.61 Å². The second-order valence-corrected chi connectivity index (χ2v) is 15.5. The van der Waals surface area contributed by atoms with Crippen molar-refractivity contribution in [1.82, 2.24) is 20.6 Å². The van der Waals surface area contributed by atoms with Gasteiger partial charge in [0.1, 0.15) is 17.5 Å². The number of morpholine rings is 2. The second-order valence-electron chi connectivity index (χ2n) is 13.0. The second kappa shape index (κ2) is 56.3. The molecule has 1 atom stereocenters. The molecule has 2 aromatic rings. The fourth-order valence-electron chi connectivity index (χ4n) is 3.73. The predicted molar refractivity (Wildman–Crippen MR) is 286 cm³/mol. The zero-order valence-electron chi connectivity index (χ0n) is 43.6. The lowest BCUT2D eigenvalue weighted by Gasteiger charge is -2.10. The van der Waals surface area contributed by atoms with Gasteiger partial charge in [0.15, 0.2) is 24.1 Å². The number of aromatic amines is 2. The SMILES string of the molecule is C1COCCN1.C1COCCN1.CCO.CCOC(=O)C(F)C(C)=O.CCOC(=O)CF.CCOC(C)=O.Cc1c(C#N)c(S)[nH]c(=O)c1F.Cc1c(C#N)c(SCC(=O)O)[nH]c(=O)c1F.O=C(O)CBr.[C-]#[N+]C(=S)CN. The number of thiocarbonyl (C=S) groups is 1. The van der Waals surface area contributed by atoms with E-state index in [9.17, 15) is 55.9 Å². The maximum Gasteiger partial charge on any atom is 0.348 e. The third-order valence-electron chi connectivity index (χ3n) is 7.01. The van der Waals surface area contributed by atoms with E-state index in [4.69, 9.17) is 47.6 Å². The van der Waals surface area contributed by atoms with Crippen molar-refractivity contribution in [2.45, 2.75) is 71.6 Å². The summed E-state index contributed by atoms with van der Waals surface area (Å²) in [5, 5.41) is 47.5. The molecule has 0 bridgehead atoms. The first-order valence-electron chi connectivity index (χ1n) is 22.1. The van der Waals surface area contributed by atoms with Gasteiger partial charge in [0.25, 0.3) is 17.3 Å². The number of esters is 3. The number of hydrogen-bond acceptors (Lipinski definition) is 22. The lowest BCUT2D eigenvalue weighted by molar-refractivity contribution is -0.152. The number of rotatable bonds is 11. The monoisotopic (exact) mass is 1230 g/mol. The molecule has 436 valence electrons. The van der Waals surface area contributed by atoms with E-state index in [0.717, 1.165) is 71.3 Å². The molecule has 4 heterocycles. The number of alkyl halides is 3. The molecule has 1 unspecified atom stereocenters. The minimum atomic E-state index is -2.11. The highest BCUT2D eigenvalue weighted by molar-refractivity contribution is 9.09. The number of aliphatic carboxylic acids is 2. The number of pyridine rings is 2. The third kappa shape index (κ3) is 50.7. The molecular weight excluding hydrogens is 1160 g/mol. The topological polar surface area (TPSA) is 377 Å². The van der Waals surface area contributed by atoms with Crippen LogP contribution >= 0.6 is 52.5 Å². The Hall–Kier alpha value is -5.86. The number of nitrogens with zero attached hydrogens (tertiary/aromatic N) is 3. The molecule has 2 aliphatic heterocycles. The first-order valence-corrected chi connectivity index (χ1v) is 25.1. The number of carboxylic acid groups (broad SMARTS) is 2. The van der Waals surface area contributed by atoms with Crippen molar-refractivity contribution in [3.05, 3.63) is 66.0 Å². The molecule has 0 amide bonds. The molecule has 77 heavy (non-hydrogen) atoms. The number of ether oxygens (including phenoxy) is 5. The van der Waals surface area contributed by atoms with Crippen LogP contribution in [-0.2, 0) is 52.5 Å². The number of Topliss-reactive ketones (excluding diaryl/α,β-unsaturated/α-hetero) is 1. The van der Waals surface area contributed by atoms with Crippen LogP contribution in [0, 0.1) is 54.7 Å². The van der Waals surface area contributed by atoms with E-state index in [-0.39, 0.29) is 80.7 Å². The van der Waals surface area contributed by atoms with E-state index < -0.39 is 65.3 Å². The molecule has 0 aliphatic carbocycles. The van der Waals surface area contributed by atoms with Crippen LogP contribution in [0.3, 0.4) is 0 Å². The average Bonchev–Trinajstić information content (AvgIpc) is 3.41. The summed E-state index contributed by atoms with van der Waals surface area (Å²) in [5.74, 6) is -7.09. The number of aliphatic hydroxyl groups excluding tert-OH is 1. The number of H-pyrrole nitrogens is 2. The largest absolute Gasteiger partial charge is 0.481 e. The van der Waals surface area contributed by atoms with Crippen LogP contribution in [0.1, 0.15) is 63.8 Å². The molecule has 32 heteroatoms. The summed E-state index contributed by atoms with van der Waals surface area (Å²) in [4.78, 5) is 89.0. The summed E-state index contributed by atoms with van der Waals surface area (Å²) >= 11 is 11.7. The Bertz CT molecular complexity index is 2260. The quantitative estimate of drug-likeness (QED) is 0.0179. The van der Waals surface area contributed by atoms with Crippen LogP contribution in [0.15, 0.2) is 19.6 Å². The van der Waals surface area contributed by atoms with Gasteiger partial charge < -0.3 is 65.3 Å². The van der Waals surface area contributed by atoms with E-state index in [1.165, 1.54) is 20.8 Å². The first kappa shape index (κ1) is 82.5. The van der Waals surface area contributed by atoms with E-state index in [2.05, 4.69) is 80.4 Å². The summed E-state index contributed by atoms with van der Waals surface area (Å²) < 4.78 is 72.2. The van der Waals surface area contributed by atoms with Gasteiger partial charge >= 0.3 is 29.8 Å². The molecule has 2 aromatic heterocycles. The highest BCUT2D eigenvalue weighted by Crippen LogP contribution is 2.22. The van der Waals surface area contributed by atoms with Gasteiger partial charge in [-0.1, -0.05) is 27.7 Å². The number of aromatic nitrogens is 2. The van der Waals surface area contributed by atoms with Crippen LogP contribution < -0.4 is 27.5 Å². The molecule has 4 rings (SSSR count). The van der Waals surface area contributed by atoms with Gasteiger partial charge in [-0.25, -0.2) is 32.0 Å². The molecule has 24 nitrogen and oxygen atoms in total. The number of aliphatic hydroxyl groups is 1. The van der Waals surface area contributed by atoms with Crippen molar-refractivity contribution in [1.29, 1.82) is 10.5 Å². The molecule has 2 saturated heterocycles. The maximum absolute atomic E-state index is 13.1. The normalized spacial score (nSPS) is 11.4. The van der Waals surface area contributed by atoms with Crippen LogP contribution in [-0.4, -0.2) is 175 Å². The molecule has 2 aliphatic rings. The van der Waals surface area contributed by atoms with E-state index in [1.54, 1.807) is 39.8 Å².